The zero-order chi connectivity index (χ0) is 27.0. The average Bonchev–Trinajstić information content (AvgIpc) is 2.91. The number of nitrogens with one attached hydrogen (secondary N) is 1. The molecular formula is C25H24ClFN2O7S. The Morgan fingerprint density at radius 2 is 1.73 bits per heavy atom. The number of aromatic nitrogens is 1. The number of hydrogen-bond donors (Lipinski definition) is 1. The highest BCUT2D eigenvalue weighted by molar-refractivity contribution is 7.91. The topological polar surface area (TPSA) is 121 Å². The molecule has 0 fully saturated rings. The summed E-state index contributed by atoms with van der Waals surface area (Å²) in [6, 6.07) is 11.4. The van der Waals surface area contributed by atoms with E-state index < -0.39 is 33.8 Å². The maximum atomic E-state index is 13.1. The second-order valence-electron chi connectivity index (χ2n) is 7.68. The van der Waals surface area contributed by atoms with Gasteiger partial charge in [-0.1, -0.05) is 29.8 Å². The third-order valence-electron chi connectivity index (χ3n) is 5.27. The molecule has 0 saturated carbocycles. The molecule has 1 atom stereocenters. The van der Waals surface area contributed by atoms with Gasteiger partial charge in [0.25, 0.3) is 5.91 Å². The number of ether oxygens (including phenoxy) is 3. The SMILES string of the molecule is COc1ccc(CCNC(=O)C(OC(=O)c2ccc(Cl)nc2)c2ccc(S(=O)(=O)CF)cc2)cc1OC. The molecule has 0 aliphatic heterocycles. The molecule has 0 radical (unpaired) electrons. The summed E-state index contributed by atoms with van der Waals surface area (Å²) in [5.74, 6) is -0.378. The summed E-state index contributed by atoms with van der Waals surface area (Å²) in [6.45, 7) is 0.194. The Morgan fingerprint density at radius 1 is 1.03 bits per heavy atom. The molecule has 0 spiro atoms. The maximum Gasteiger partial charge on any atom is 0.340 e. The van der Waals surface area contributed by atoms with Crippen molar-refractivity contribution in [1.29, 1.82) is 0 Å². The lowest BCUT2D eigenvalue weighted by Crippen LogP contribution is -2.33. The highest BCUT2D eigenvalue weighted by atomic mass is 35.5. The number of pyridine rings is 1. The molecule has 0 aliphatic rings. The van der Waals surface area contributed by atoms with Crippen LogP contribution in [0, 0.1) is 0 Å². The molecule has 1 N–H and O–H groups in total. The van der Waals surface area contributed by atoms with Gasteiger partial charge in [-0.15, -0.1) is 0 Å². The van der Waals surface area contributed by atoms with Gasteiger partial charge in [0, 0.05) is 18.3 Å². The highest BCUT2D eigenvalue weighted by Crippen LogP contribution is 2.28. The van der Waals surface area contributed by atoms with Crippen LogP contribution in [0.1, 0.15) is 27.6 Å². The van der Waals surface area contributed by atoms with E-state index in [4.69, 9.17) is 25.8 Å². The van der Waals surface area contributed by atoms with Crippen molar-refractivity contribution in [3.63, 3.8) is 0 Å². The summed E-state index contributed by atoms with van der Waals surface area (Å²) < 4.78 is 52.4. The molecule has 3 aromatic rings. The van der Waals surface area contributed by atoms with Crippen LogP contribution in [0.25, 0.3) is 0 Å². The van der Waals surface area contributed by atoms with Gasteiger partial charge < -0.3 is 19.5 Å². The first-order valence-electron chi connectivity index (χ1n) is 10.9. The molecule has 1 amide bonds. The number of amides is 1. The number of benzene rings is 2. The molecule has 196 valence electrons. The Hall–Kier alpha value is -3.70. The molecule has 12 heteroatoms. The molecule has 0 aliphatic carbocycles. The minimum absolute atomic E-state index is 0.0594. The van der Waals surface area contributed by atoms with E-state index in [2.05, 4.69) is 10.3 Å². The number of alkyl halides is 1. The standard InChI is InChI=1S/C25H24ClFN2O7S/c1-34-20-9-3-16(13-21(20)35-2)11-12-28-24(30)23(36-25(31)18-6-10-22(26)29-14-18)17-4-7-19(8-5-17)37(32,33)15-27/h3-10,13-14,23H,11-12,15H2,1-2H3,(H,28,30). The lowest BCUT2D eigenvalue weighted by Gasteiger charge is -2.18. The predicted octanol–water partition coefficient (Wildman–Crippen LogP) is 3.71. The van der Waals surface area contributed by atoms with Crippen LogP contribution in [0.5, 0.6) is 11.5 Å². The fraction of sp³-hybridized carbons (Fsp3) is 0.240. The molecule has 0 saturated heterocycles. The maximum absolute atomic E-state index is 13.1. The first-order valence-corrected chi connectivity index (χ1v) is 12.9. The zero-order valence-corrected chi connectivity index (χ0v) is 21.5. The molecule has 1 unspecified atom stereocenters. The lowest BCUT2D eigenvalue weighted by atomic mass is 10.1. The molecule has 3 rings (SSSR count). The van der Waals surface area contributed by atoms with Crippen molar-refractivity contribution < 1.29 is 36.6 Å². The Labute approximate surface area is 218 Å². The Morgan fingerprint density at radius 3 is 2.32 bits per heavy atom. The third kappa shape index (κ3) is 7.17. The van der Waals surface area contributed by atoms with Gasteiger partial charge in [-0.3, -0.25) is 4.79 Å². The highest BCUT2D eigenvalue weighted by Gasteiger charge is 2.26. The molecule has 0 bridgehead atoms. The Kier molecular flexibility index (Phi) is 9.42. The van der Waals surface area contributed by atoms with Crippen LogP contribution in [0.2, 0.25) is 5.15 Å². The van der Waals surface area contributed by atoms with Crippen LogP contribution in [-0.2, 0) is 25.8 Å². The zero-order valence-electron chi connectivity index (χ0n) is 19.9. The lowest BCUT2D eigenvalue weighted by molar-refractivity contribution is -0.130. The Bertz CT molecular complexity index is 1350. The first-order chi connectivity index (χ1) is 17.7. The van der Waals surface area contributed by atoms with Crippen molar-refractivity contribution in [2.75, 3.05) is 26.8 Å². The number of sulfone groups is 1. The molecule has 1 heterocycles. The van der Waals surface area contributed by atoms with Gasteiger partial charge in [0.2, 0.25) is 15.9 Å². The summed E-state index contributed by atoms with van der Waals surface area (Å²) in [5.41, 5.74) is 1.11. The number of carbonyl (C=O) groups is 2. The van der Waals surface area contributed by atoms with E-state index in [9.17, 15) is 22.4 Å². The van der Waals surface area contributed by atoms with E-state index >= 15 is 0 Å². The number of carbonyl (C=O) groups excluding carboxylic acids is 2. The number of methoxy groups -OCH3 is 2. The number of rotatable bonds is 11. The molecule has 2 aromatic carbocycles. The van der Waals surface area contributed by atoms with Crippen LogP contribution in [0.15, 0.2) is 65.7 Å². The fourth-order valence-corrected chi connectivity index (χ4v) is 4.10. The minimum atomic E-state index is -4.10. The van der Waals surface area contributed by atoms with Crippen LogP contribution in [-0.4, -0.2) is 52.0 Å². The third-order valence-corrected chi connectivity index (χ3v) is 6.77. The van der Waals surface area contributed by atoms with E-state index in [1.807, 2.05) is 6.07 Å². The van der Waals surface area contributed by atoms with E-state index in [0.29, 0.717) is 17.9 Å². The number of esters is 1. The summed E-state index contributed by atoms with van der Waals surface area (Å²) in [6.07, 6.45) is 0.213. The van der Waals surface area contributed by atoms with Crippen LogP contribution in [0.3, 0.4) is 0 Å². The normalized spacial score (nSPS) is 11.9. The van der Waals surface area contributed by atoms with Crippen molar-refractivity contribution >= 4 is 33.3 Å². The largest absolute Gasteiger partial charge is 0.493 e. The minimum Gasteiger partial charge on any atom is -0.493 e. The Balaban J connectivity index is 1.78. The molecule has 37 heavy (non-hydrogen) atoms. The first kappa shape index (κ1) is 27.9. The second-order valence-corrected chi connectivity index (χ2v) is 9.98. The number of hydrogen-bond acceptors (Lipinski definition) is 8. The van der Waals surface area contributed by atoms with Crippen molar-refractivity contribution in [2.24, 2.45) is 0 Å². The monoisotopic (exact) mass is 550 g/mol. The van der Waals surface area contributed by atoms with Crippen LogP contribution < -0.4 is 14.8 Å². The molecule has 9 nitrogen and oxygen atoms in total. The van der Waals surface area contributed by atoms with Crippen molar-refractivity contribution in [3.8, 4) is 11.5 Å². The number of nitrogens with zero attached hydrogens (tertiary/aromatic N) is 1. The van der Waals surface area contributed by atoms with Gasteiger partial charge in [0.1, 0.15) is 5.15 Å². The van der Waals surface area contributed by atoms with Gasteiger partial charge in [-0.25, -0.2) is 22.6 Å². The van der Waals surface area contributed by atoms with Crippen molar-refractivity contribution in [1.82, 2.24) is 10.3 Å². The van der Waals surface area contributed by atoms with E-state index in [1.54, 1.807) is 12.1 Å². The fourth-order valence-electron chi connectivity index (χ4n) is 3.32. The summed E-state index contributed by atoms with van der Waals surface area (Å²) >= 11 is 5.76. The number of halogens is 2. The summed E-state index contributed by atoms with van der Waals surface area (Å²) in [4.78, 5) is 29.3. The van der Waals surface area contributed by atoms with E-state index in [-0.39, 0.29) is 27.7 Å². The molecular weight excluding hydrogens is 527 g/mol. The van der Waals surface area contributed by atoms with Gasteiger partial charge in [0.05, 0.1) is 24.7 Å². The van der Waals surface area contributed by atoms with Crippen molar-refractivity contribution in [2.45, 2.75) is 17.4 Å². The summed E-state index contributed by atoms with van der Waals surface area (Å²) in [7, 11) is -1.06. The van der Waals surface area contributed by atoms with Crippen molar-refractivity contribution in [3.05, 3.63) is 82.6 Å². The second kappa shape index (κ2) is 12.5. The smallest absolute Gasteiger partial charge is 0.340 e. The van der Waals surface area contributed by atoms with Crippen LogP contribution in [0.4, 0.5) is 4.39 Å². The van der Waals surface area contributed by atoms with Gasteiger partial charge >= 0.3 is 5.97 Å². The quantitative estimate of drug-likeness (QED) is 0.283. The van der Waals surface area contributed by atoms with E-state index in [0.717, 1.165) is 17.7 Å². The van der Waals surface area contributed by atoms with Gasteiger partial charge in [-0.2, -0.15) is 0 Å². The predicted molar refractivity (Wildman–Crippen MR) is 133 cm³/mol. The van der Waals surface area contributed by atoms with E-state index in [1.165, 1.54) is 44.7 Å². The van der Waals surface area contributed by atoms with Gasteiger partial charge in [-0.05, 0) is 48.4 Å². The average molecular weight is 551 g/mol. The summed E-state index contributed by atoms with van der Waals surface area (Å²) in [5, 5.41) is 2.89. The van der Waals surface area contributed by atoms with Gasteiger partial charge in [0.15, 0.2) is 17.5 Å². The van der Waals surface area contributed by atoms with Crippen LogP contribution >= 0.6 is 11.6 Å². The molecule has 1 aromatic heterocycles.